The zero-order valence-electron chi connectivity index (χ0n) is 11.6. The average Bonchev–Trinajstić information content (AvgIpc) is 3.17. The third-order valence-electron chi connectivity index (χ3n) is 2.99. The number of amides is 1. The van der Waals surface area contributed by atoms with Gasteiger partial charge >= 0.3 is 0 Å². The van der Waals surface area contributed by atoms with Crippen LogP contribution in [0.4, 0.5) is 5.69 Å². The second kappa shape index (κ2) is 6.25. The number of thiophene rings is 1. The van der Waals surface area contributed by atoms with Gasteiger partial charge in [-0.05, 0) is 41.8 Å². The lowest BCUT2D eigenvalue weighted by Gasteiger charge is -2.10. The number of nitrogens with one attached hydrogen (secondary N) is 1. The van der Waals surface area contributed by atoms with Crippen molar-refractivity contribution >= 4 is 34.5 Å². The third-order valence-corrected chi connectivity index (χ3v) is 4.09. The smallest absolute Gasteiger partial charge is 0.250 e. The van der Waals surface area contributed by atoms with E-state index in [1.807, 2.05) is 17.5 Å². The highest BCUT2D eigenvalue weighted by Gasteiger charge is 2.19. The Morgan fingerprint density at radius 1 is 1.36 bits per heavy atom. The maximum absolute atomic E-state index is 12.2. The van der Waals surface area contributed by atoms with Gasteiger partial charge in [-0.15, -0.1) is 21.5 Å². The Balaban J connectivity index is 1.73. The molecule has 2 aromatic heterocycles. The van der Waals surface area contributed by atoms with Crippen LogP contribution >= 0.6 is 22.9 Å². The highest BCUT2D eigenvalue weighted by molar-refractivity contribution is 7.13. The summed E-state index contributed by atoms with van der Waals surface area (Å²) in [7, 11) is 0. The van der Waals surface area contributed by atoms with Crippen LogP contribution in [0, 0.1) is 0 Å². The van der Waals surface area contributed by atoms with Crippen LogP contribution < -0.4 is 5.32 Å². The van der Waals surface area contributed by atoms with Crippen LogP contribution in [0.15, 0.2) is 41.8 Å². The van der Waals surface area contributed by atoms with E-state index in [-0.39, 0.29) is 5.91 Å². The molecule has 1 atom stereocenters. The minimum Gasteiger partial charge on any atom is -0.324 e. The van der Waals surface area contributed by atoms with Gasteiger partial charge in [-0.2, -0.15) is 4.80 Å². The molecule has 0 aliphatic heterocycles. The number of benzene rings is 1. The fourth-order valence-corrected chi connectivity index (χ4v) is 2.65. The standard InChI is InChI=1S/C14H12ClN5OS/c1-9(14(21)16-11-5-2-4-10(15)8-11)20-18-13(17-19-20)12-6-3-7-22-12/h2-9H,1H3,(H,16,21)/t9-/m0/s1. The van der Waals surface area contributed by atoms with Crippen LogP contribution in [-0.2, 0) is 4.79 Å². The van der Waals surface area contributed by atoms with Crippen molar-refractivity contribution in [2.45, 2.75) is 13.0 Å². The number of hydrogen-bond donors (Lipinski definition) is 1. The molecule has 112 valence electrons. The topological polar surface area (TPSA) is 72.7 Å². The first-order valence-electron chi connectivity index (χ1n) is 6.53. The van der Waals surface area contributed by atoms with Crippen molar-refractivity contribution < 1.29 is 4.79 Å². The summed E-state index contributed by atoms with van der Waals surface area (Å²) >= 11 is 7.42. The number of nitrogens with zero attached hydrogens (tertiary/aromatic N) is 4. The number of carbonyl (C=O) groups excluding carboxylic acids is 1. The third kappa shape index (κ3) is 3.15. The molecule has 6 nitrogen and oxygen atoms in total. The summed E-state index contributed by atoms with van der Waals surface area (Å²) in [5.74, 6) is 0.273. The van der Waals surface area contributed by atoms with Gasteiger partial charge in [0.15, 0.2) is 0 Å². The van der Waals surface area contributed by atoms with Crippen molar-refractivity contribution in [1.82, 2.24) is 20.2 Å². The molecule has 8 heteroatoms. The first-order valence-corrected chi connectivity index (χ1v) is 7.79. The van der Waals surface area contributed by atoms with Crippen molar-refractivity contribution in [2.24, 2.45) is 0 Å². The van der Waals surface area contributed by atoms with Gasteiger partial charge in [0.05, 0.1) is 4.88 Å². The van der Waals surface area contributed by atoms with Gasteiger partial charge in [0.2, 0.25) is 5.82 Å². The Bertz CT molecular complexity index is 786. The van der Waals surface area contributed by atoms with E-state index in [9.17, 15) is 4.79 Å². The maximum atomic E-state index is 12.2. The monoisotopic (exact) mass is 333 g/mol. The zero-order chi connectivity index (χ0) is 15.5. The average molecular weight is 334 g/mol. The van der Waals surface area contributed by atoms with Gasteiger partial charge in [-0.3, -0.25) is 4.79 Å². The van der Waals surface area contributed by atoms with E-state index in [0.29, 0.717) is 16.5 Å². The summed E-state index contributed by atoms with van der Waals surface area (Å²) in [6, 6.07) is 10.2. The minimum atomic E-state index is -0.583. The van der Waals surface area contributed by atoms with E-state index in [4.69, 9.17) is 11.6 Å². The van der Waals surface area contributed by atoms with Gasteiger partial charge in [-0.1, -0.05) is 23.7 Å². The predicted molar refractivity (Wildman–Crippen MR) is 85.9 cm³/mol. The molecule has 0 aliphatic carbocycles. The largest absolute Gasteiger partial charge is 0.324 e. The molecule has 1 N–H and O–H groups in total. The number of aromatic nitrogens is 4. The molecule has 0 spiro atoms. The SMILES string of the molecule is C[C@@H](C(=O)Nc1cccc(Cl)c1)n1nnc(-c2cccs2)n1. The molecule has 0 aliphatic rings. The number of halogens is 1. The molecule has 3 aromatic rings. The highest BCUT2D eigenvalue weighted by atomic mass is 35.5. The first kappa shape index (κ1) is 14.7. The molecule has 1 aromatic carbocycles. The van der Waals surface area contributed by atoms with E-state index in [0.717, 1.165) is 4.88 Å². The Labute approximate surface area is 135 Å². The molecule has 22 heavy (non-hydrogen) atoms. The first-order chi connectivity index (χ1) is 10.6. The van der Waals surface area contributed by atoms with Gasteiger partial charge in [0.25, 0.3) is 5.91 Å². The zero-order valence-corrected chi connectivity index (χ0v) is 13.2. The second-order valence-corrected chi connectivity index (χ2v) is 5.97. The number of carbonyl (C=O) groups is 1. The number of anilines is 1. The van der Waals surface area contributed by atoms with Crippen LogP contribution in [0.3, 0.4) is 0 Å². The normalized spacial score (nSPS) is 12.1. The van der Waals surface area contributed by atoms with E-state index >= 15 is 0 Å². The summed E-state index contributed by atoms with van der Waals surface area (Å²) in [6.45, 7) is 1.71. The van der Waals surface area contributed by atoms with E-state index < -0.39 is 6.04 Å². The lowest BCUT2D eigenvalue weighted by Crippen LogP contribution is -2.25. The highest BCUT2D eigenvalue weighted by Crippen LogP contribution is 2.21. The van der Waals surface area contributed by atoms with Crippen molar-refractivity contribution in [1.29, 1.82) is 0 Å². The van der Waals surface area contributed by atoms with Crippen LogP contribution in [0.1, 0.15) is 13.0 Å². The Morgan fingerprint density at radius 3 is 2.95 bits per heavy atom. The summed E-state index contributed by atoms with van der Waals surface area (Å²) in [5, 5.41) is 17.4. The number of hydrogen-bond acceptors (Lipinski definition) is 5. The fourth-order valence-electron chi connectivity index (χ4n) is 1.81. The molecule has 0 saturated heterocycles. The maximum Gasteiger partial charge on any atom is 0.250 e. The molecule has 0 unspecified atom stereocenters. The lowest BCUT2D eigenvalue weighted by molar-refractivity contribution is -0.119. The molecule has 3 rings (SSSR count). The summed E-state index contributed by atoms with van der Waals surface area (Å²) in [5.41, 5.74) is 0.628. The molecule has 2 heterocycles. The van der Waals surface area contributed by atoms with Gasteiger partial charge in [0.1, 0.15) is 6.04 Å². The van der Waals surface area contributed by atoms with E-state index in [2.05, 4.69) is 20.7 Å². The second-order valence-electron chi connectivity index (χ2n) is 4.59. The predicted octanol–water partition coefficient (Wildman–Crippen LogP) is 3.25. The Kier molecular flexibility index (Phi) is 4.17. The quantitative estimate of drug-likeness (QED) is 0.795. The fraction of sp³-hybridized carbons (Fsp3) is 0.143. The van der Waals surface area contributed by atoms with Crippen molar-refractivity contribution in [2.75, 3.05) is 5.32 Å². The van der Waals surface area contributed by atoms with Crippen LogP contribution in [-0.4, -0.2) is 26.1 Å². The van der Waals surface area contributed by atoms with Crippen molar-refractivity contribution in [3.05, 3.63) is 46.8 Å². The van der Waals surface area contributed by atoms with Gasteiger partial charge in [0, 0.05) is 10.7 Å². The molecule has 0 saturated carbocycles. The van der Waals surface area contributed by atoms with E-state index in [1.54, 1.807) is 31.2 Å². The van der Waals surface area contributed by atoms with Gasteiger partial charge < -0.3 is 5.32 Å². The summed E-state index contributed by atoms with van der Waals surface area (Å²) in [6.07, 6.45) is 0. The van der Waals surface area contributed by atoms with Crippen LogP contribution in [0.2, 0.25) is 5.02 Å². The molecule has 0 bridgehead atoms. The molecular formula is C14H12ClN5OS. The Morgan fingerprint density at radius 2 is 2.23 bits per heavy atom. The van der Waals surface area contributed by atoms with Gasteiger partial charge in [-0.25, -0.2) is 0 Å². The lowest BCUT2D eigenvalue weighted by atomic mass is 10.3. The van der Waals surface area contributed by atoms with Crippen LogP contribution in [0.25, 0.3) is 10.7 Å². The van der Waals surface area contributed by atoms with Crippen molar-refractivity contribution in [3.8, 4) is 10.7 Å². The van der Waals surface area contributed by atoms with E-state index in [1.165, 1.54) is 16.1 Å². The molecular weight excluding hydrogens is 322 g/mol. The molecule has 0 fully saturated rings. The minimum absolute atomic E-state index is 0.239. The van der Waals surface area contributed by atoms with Crippen LogP contribution in [0.5, 0.6) is 0 Å². The number of rotatable bonds is 4. The Hall–Kier alpha value is -2.25. The number of tetrazole rings is 1. The summed E-state index contributed by atoms with van der Waals surface area (Å²) < 4.78 is 0. The van der Waals surface area contributed by atoms with Crippen molar-refractivity contribution in [3.63, 3.8) is 0 Å². The molecule has 0 radical (unpaired) electrons. The summed E-state index contributed by atoms with van der Waals surface area (Å²) in [4.78, 5) is 14.5. The molecule has 1 amide bonds.